The van der Waals surface area contributed by atoms with Crippen LogP contribution in [0.5, 0.6) is 5.75 Å². The molecule has 1 aromatic carbocycles. The third-order valence-corrected chi connectivity index (χ3v) is 2.82. The minimum absolute atomic E-state index is 0.0372. The second kappa shape index (κ2) is 3.66. The Morgan fingerprint density at radius 1 is 1.38 bits per heavy atom. The van der Waals surface area contributed by atoms with Crippen molar-refractivity contribution in [2.75, 3.05) is 6.61 Å². The second-order valence-corrected chi connectivity index (χ2v) is 3.92. The number of hydrogen-bond donors (Lipinski definition) is 1. The quantitative estimate of drug-likeness (QED) is 0.744. The van der Waals surface area contributed by atoms with Crippen molar-refractivity contribution in [2.24, 2.45) is 0 Å². The lowest BCUT2D eigenvalue weighted by Gasteiger charge is -2.28. The molecule has 0 bridgehead atoms. The van der Waals surface area contributed by atoms with Gasteiger partial charge in [0.1, 0.15) is 12.4 Å². The molecule has 0 aromatic heterocycles. The lowest BCUT2D eigenvalue weighted by atomic mass is 9.92. The van der Waals surface area contributed by atoms with E-state index < -0.39 is 17.8 Å². The van der Waals surface area contributed by atoms with Gasteiger partial charge in [0.15, 0.2) is 0 Å². The maximum absolute atomic E-state index is 12.4. The van der Waals surface area contributed by atoms with Gasteiger partial charge in [-0.1, -0.05) is 13.0 Å². The summed E-state index contributed by atoms with van der Waals surface area (Å²) in [6.07, 6.45) is -5.03. The van der Waals surface area contributed by atoms with Gasteiger partial charge < -0.3 is 9.84 Å². The maximum atomic E-state index is 12.4. The average Bonchev–Trinajstić information content (AvgIpc) is 2.22. The molecule has 0 unspecified atom stereocenters. The lowest BCUT2D eigenvalue weighted by Crippen LogP contribution is -2.29. The molecule has 1 aromatic rings. The predicted molar refractivity (Wildman–Crippen MR) is 51.4 cm³/mol. The smallest absolute Gasteiger partial charge is 0.416 e. The van der Waals surface area contributed by atoms with Crippen molar-refractivity contribution >= 4 is 0 Å². The fourth-order valence-corrected chi connectivity index (χ4v) is 1.74. The Bertz CT molecular complexity index is 401. The van der Waals surface area contributed by atoms with Gasteiger partial charge >= 0.3 is 6.18 Å². The van der Waals surface area contributed by atoms with Gasteiger partial charge in [0.25, 0.3) is 0 Å². The molecule has 1 aliphatic heterocycles. The summed E-state index contributed by atoms with van der Waals surface area (Å²) in [5.74, 6) is 0.0126. The van der Waals surface area contributed by atoms with E-state index >= 15 is 0 Å². The standard InChI is InChI=1S/C11H11F3O2/c1-6-8-3-2-7(11(12,13)14)4-10(8)16-5-9(6)15/h2-4,6,9,15H,5H2,1H3/t6-,9+/m1/s1. The first-order valence-corrected chi connectivity index (χ1v) is 4.91. The zero-order valence-electron chi connectivity index (χ0n) is 8.58. The number of hydrogen-bond acceptors (Lipinski definition) is 2. The van der Waals surface area contributed by atoms with Crippen LogP contribution in [-0.2, 0) is 6.18 Å². The van der Waals surface area contributed by atoms with Crippen LogP contribution in [0.4, 0.5) is 13.2 Å². The highest BCUT2D eigenvalue weighted by Crippen LogP contribution is 2.38. The van der Waals surface area contributed by atoms with E-state index in [0.29, 0.717) is 5.56 Å². The molecule has 0 aliphatic carbocycles. The SMILES string of the molecule is C[C@@H]1c2ccc(C(F)(F)F)cc2OC[C@@H]1O. The van der Waals surface area contributed by atoms with Crippen LogP contribution < -0.4 is 4.74 Å². The number of aliphatic hydroxyl groups excluding tert-OH is 1. The summed E-state index contributed by atoms with van der Waals surface area (Å²) < 4.78 is 42.4. The molecule has 16 heavy (non-hydrogen) atoms. The average molecular weight is 232 g/mol. The first-order chi connectivity index (χ1) is 7.39. The Hall–Kier alpha value is -1.23. The molecule has 88 valence electrons. The van der Waals surface area contributed by atoms with Crippen LogP contribution in [0.1, 0.15) is 24.0 Å². The van der Waals surface area contributed by atoms with Crippen molar-refractivity contribution in [2.45, 2.75) is 25.1 Å². The van der Waals surface area contributed by atoms with Crippen LogP contribution >= 0.6 is 0 Å². The molecule has 0 spiro atoms. The van der Waals surface area contributed by atoms with Crippen LogP contribution in [0.2, 0.25) is 0 Å². The van der Waals surface area contributed by atoms with Crippen molar-refractivity contribution < 1.29 is 23.0 Å². The summed E-state index contributed by atoms with van der Waals surface area (Å²) in [7, 11) is 0. The molecule has 2 rings (SSSR count). The minimum Gasteiger partial charge on any atom is -0.491 e. The molecule has 0 radical (unpaired) electrons. The molecule has 1 heterocycles. The van der Waals surface area contributed by atoms with Gasteiger partial charge in [-0.15, -0.1) is 0 Å². The van der Waals surface area contributed by atoms with E-state index in [0.717, 1.165) is 12.1 Å². The first-order valence-electron chi connectivity index (χ1n) is 4.91. The Morgan fingerprint density at radius 3 is 2.69 bits per heavy atom. The molecular weight excluding hydrogens is 221 g/mol. The van der Waals surface area contributed by atoms with Crippen LogP contribution in [0.3, 0.4) is 0 Å². The highest BCUT2D eigenvalue weighted by Gasteiger charge is 2.33. The zero-order chi connectivity index (χ0) is 11.9. The van der Waals surface area contributed by atoms with Gasteiger partial charge in [-0.05, 0) is 17.7 Å². The summed E-state index contributed by atoms with van der Waals surface area (Å²) in [6, 6.07) is 3.36. The van der Waals surface area contributed by atoms with Gasteiger partial charge in [0.2, 0.25) is 0 Å². The summed E-state index contributed by atoms with van der Waals surface area (Å²) in [5, 5.41) is 9.51. The maximum Gasteiger partial charge on any atom is 0.416 e. The van der Waals surface area contributed by atoms with Crippen LogP contribution in [0.25, 0.3) is 0 Å². The monoisotopic (exact) mass is 232 g/mol. The van der Waals surface area contributed by atoms with Crippen molar-refractivity contribution in [1.29, 1.82) is 0 Å². The Balaban J connectivity index is 2.41. The van der Waals surface area contributed by atoms with E-state index in [1.807, 2.05) is 0 Å². The molecule has 1 aliphatic rings. The first kappa shape index (κ1) is 11.3. The topological polar surface area (TPSA) is 29.5 Å². The van der Waals surface area contributed by atoms with Gasteiger partial charge in [-0.2, -0.15) is 13.2 Å². The van der Waals surface area contributed by atoms with Crippen LogP contribution in [0, 0.1) is 0 Å². The molecule has 2 nitrogen and oxygen atoms in total. The van der Waals surface area contributed by atoms with Crippen molar-refractivity contribution in [3.05, 3.63) is 29.3 Å². The molecule has 2 atom stereocenters. The van der Waals surface area contributed by atoms with Gasteiger partial charge in [-0.3, -0.25) is 0 Å². The zero-order valence-corrected chi connectivity index (χ0v) is 8.58. The molecule has 0 amide bonds. The van der Waals surface area contributed by atoms with Crippen molar-refractivity contribution in [1.82, 2.24) is 0 Å². The summed E-state index contributed by atoms with van der Waals surface area (Å²) in [4.78, 5) is 0. The summed E-state index contributed by atoms with van der Waals surface area (Å²) in [6.45, 7) is 1.80. The van der Waals surface area contributed by atoms with Gasteiger partial charge in [0.05, 0.1) is 11.7 Å². The Kier molecular flexibility index (Phi) is 2.58. The number of aliphatic hydroxyl groups is 1. The van der Waals surface area contributed by atoms with E-state index in [9.17, 15) is 18.3 Å². The number of fused-ring (bicyclic) bond motifs is 1. The third kappa shape index (κ3) is 1.87. The molecular formula is C11H11F3O2. The van der Waals surface area contributed by atoms with E-state index in [1.54, 1.807) is 6.92 Å². The van der Waals surface area contributed by atoms with E-state index in [1.165, 1.54) is 6.07 Å². The molecule has 0 saturated carbocycles. The number of alkyl halides is 3. The molecule has 1 N–H and O–H groups in total. The van der Waals surface area contributed by atoms with E-state index in [2.05, 4.69) is 0 Å². The fraction of sp³-hybridized carbons (Fsp3) is 0.455. The summed E-state index contributed by atoms with van der Waals surface area (Å²) in [5.41, 5.74) is -0.110. The van der Waals surface area contributed by atoms with Crippen LogP contribution in [-0.4, -0.2) is 17.8 Å². The normalized spacial score (nSPS) is 24.8. The minimum atomic E-state index is -4.36. The Morgan fingerprint density at radius 2 is 2.06 bits per heavy atom. The predicted octanol–water partition coefficient (Wildman–Crippen LogP) is 2.56. The van der Waals surface area contributed by atoms with Crippen LogP contribution in [0.15, 0.2) is 18.2 Å². The number of halogens is 3. The number of benzene rings is 1. The Labute approximate surface area is 90.7 Å². The summed E-state index contributed by atoms with van der Waals surface area (Å²) >= 11 is 0. The van der Waals surface area contributed by atoms with Gasteiger partial charge in [-0.25, -0.2) is 0 Å². The molecule has 5 heteroatoms. The van der Waals surface area contributed by atoms with E-state index in [4.69, 9.17) is 4.74 Å². The second-order valence-electron chi connectivity index (χ2n) is 3.92. The van der Waals surface area contributed by atoms with Gasteiger partial charge in [0, 0.05) is 5.92 Å². The lowest BCUT2D eigenvalue weighted by molar-refractivity contribution is -0.137. The number of ether oxygens (including phenoxy) is 1. The largest absolute Gasteiger partial charge is 0.491 e. The highest BCUT2D eigenvalue weighted by atomic mass is 19.4. The fourth-order valence-electron chi connectivity index (χ4n) is 1.74. The highest BCUT2D eigenvalue weighted by molar-refractivity contribution is 5.42. The van der Waals surface area contributed by atoms with Crippen molar-refractivity contribution in [3.8, 4) is 5.75 Å². The molecule has 0 saturated heterocycles. The number of rotatable bonds is 0. The van der Waals surface area contributed by atoms with Crippen molar-refractivity contribution in [3.63, 3.8) is 0 Å². The molecule has 0 fully saturated rings. The van der Waals surface area contributed by atoms with E-state index in [-0.39, 0.29) is 18.3 Å². The third-order valence-electron chi connectivity index (χ3n) is 2.82.